The number of para-hydroxylation sites is 4. The Balaban J connectivity index is 1.93. The molecule has 0 spiro atoms. The van der Waals surface area contributed by atoms with Gasteiger partial charge < -0.3 is 21.3 Å². The highest BCUT2D eigenvalue weighted by molar-refractivity contribution is 6.04. The summed E-state index contributed by atoms with van der Waals surface area (Å²) in [6.07, 6.45) is 0.409. The van der Waals surface area contributed by atoms with E-state index < -0.39 is 21.9 Å². The highest BCUT2D eigenvalue weighted by Gasteiger charge is 2.22. The van der Waals surface area contributed by atoms with E-state index in [4.69, 9.17) is 0 Å². The van der Waals surface area contributed by atoms with Crippen molar-refractivity contribution in [2.24, 2.45) is 0 Å². The van der Waals surface area contributed by atoms with Crippen molar-refractivity contribution in [2.75, 3.05) is 21.3 Å². The van der Waals surface area contributed by atoms with Gasteiger partial charge in [-0.15, -0.1) is 0 Å². The molecule has 0 heterocycles. The first-order valence-electron chi connectivity index (χ1n) is 11.7. The number of nitrogens with one attached hydrogen (secondary N) is 4. The number of hydrogen-bond donors (Lipinski definition) is 4. The summed E-state index contributed by atoms with van der Waals surface area (Å²) in [5.74, 6) is 0. The van der Waals surface area contributed by atoms with Gasteiger partial charge in [-0.2, -0.15) is 0 Å². The first-order chi connectivity index (χ1) is 17.9. The third-order valence-electron chi connectivity index (χ3n) is 5.66. The van der Waals surface area contributed by atoms with Crippen LogP contribution in [0.4, 0.5) is 43.7 Å². The van der Waals surface area contributed by atoms with Crippen molar-refractivity contribution in [3.8, 4) is 0 Å². The number of carbonyl (C=O) groups excluding carboxylic acids is 2. The molecule has 0 saturated carbocycles. The molecule has 0 aliphatic carbocycles. The fourth-order valence-corrected chi connectivity index (χ4v) is 3.74. The Labute approximate surface area is 218 Å². The number of amides is 4. The number of rotatable bonds is 7. The quantitative estimate of drug-likeness (QED) is 0.201. The number of hydrogen-bond acceptors (Lipinski definition) is 6. The van der Waals surface area contributed by atoms with E-state index in [1.165, 1.54) is 36.4 Å². The Hall–Kier alpha value is -5.00. The van der Waals surface area contributed by atoms with Crippen LogP contribution < -0.4 is 21.3 Å². The smallest absolute Gasteiger partial charge is 0.307 e. The molecule has 0 aromatic heterocycles. The predicted octanol–water partition coefficient (Wildman–Crippen LogP) is 6.65. The lowest BCUT2D eigenvalue weighted by atomic mass is 9.85. The van der Waals surface area contributed by atoms with Gasteiger partial charge in [-0.05, 0) is 47.2 Å². The van der Waals surface area contributed by atoms with Crippen molar-refractivity contribution in [1.29, 1.82) is 0 Å². The van der Waals surface area contributed by atoms with E-state index in [0.717, 1.165) is 5.56 Å². The Morgan fingerprint density at radius 1 is 0.711 bits per heavy atom. The third-order valence-corrected chi connectivity index (χ3v) is 5.66. The number of nitrogens with zero attached hydrogens (tertiary/aromatic N) is 2. The average Bonchev–Trinajstić information content (AvgIpc) is 2.83. The summed E-state index contributed by atoms with van der Waals surface area (Å²) in [5.41, 5.74) is 1.36. The topological polar surface area (TPSA) is 169 Å². The molecule has 0 radical (unpaired) electrons. The van der Waals surface area contributed by atoms with Crippen molar-refractivity contribution in [3.63, 3.8) is 0 Å². The molecular weight excluding hydrogens is 492 g/mol. The first kappa shape index (κ1) is 27.6. The van der Waals surface area contributed by atoms with Crippen LogP contribution in [0.2, 0.25) is 0 Å². The second kappa shape index (κ2) is 11.4. The van der Waals surface area contributed by atoms with Gasteiger partial charge in [0.05, 0.1) is 9.85 Å². The van der Waals surface area contributed by atoms with Gasteiger partial charge in [-0.25, -0.2) is 9.59 Å². The van der Waals surface area contributed by atoms with Crippen LogP contribution in [-0.2, 0) is 11.8 Å². The number of benzene rings is 3. The first-order valence-corrected chi connectivity index (χ1v) is 11.7. The molecule has 0 aliphatic rings. The van der Waals surface area contributed by atoms with Crippen molar-refractivity contribution < 1.29 is 19.4 Å². The van der Waals surface area contributed by atoms with Crippen molar-refractivity contribution in [2.45, 2.75) is 39.5 Å². The molecule has 0 aliphatic heterocycles. The van der Waals surface area contributed by atoms with Gasteiger partial charge in [-0.1, -0.05) is 52.0 Å². The van der Waals surface area contributed by atoms with E-state index >= 15 is 0 Å². The van der Waals surface area contributed by atoms with Crippen LogP contribution in [-0.4, -0.2) is 21.9 Å². The number of anilines is 4. The maximum Gasteiger partial charge on any atom is 0.323 e. The molecule has 0 bridgehead atoms. The summed E-state index contributed by atoms with van der Waals surface area (Å²) >= 11 is 0. The minimum Gasteiger partial charge on any atom is -0.307 e. The molecule has 3 aromatic carbocycles. The zero-order chi connectivity index (χ0) is 28.0. The van der Waals surface area contributed by atoms with Crippen LogP contribution in [0, 0.1) is 20.2 Å². The van der Waals surface area contributed by atoms with E-state index in [1.54, 1.807) is 24.3 Å². The Bertz CT molecular complexity index is 1300. The maximum absolute atomic E-state index is 12.9. The van der Waals surface area contributed by atoms with Gasteiger partial charge in [0.25, 0.3) is 11.4 Å². The van der Waals surface area contributed by atoms with Crippen LogP contribution in [0.25, 0.3) is 0 Å². The van der Waals surface area contributed by atoms with Gasteiger partial charge >= 0.3 is 12.1 Å². The van der Waals surface area contributed by atoms with Gasteiger partial charge in [0.1, 0.15) is 11.4 Å². The molecule has 0 atom stereocenters. The second-order valence-corrected chi connectivity index (χ2v) is 9.36. The summed E-state index contributed by atoms with van der Waals surface area (Å²) in [6.45, 7) is 7.72. The summed E-state index contributed by atoms with van der Waals surface area (Å²) in [6, 6.07) is 13.7. The molecule has 4 N–H and O–H groups in total. The SMILES string of the molecule is CCc1c(NC(=O)Nc2ccccc2[N+](=O)[O-])cc(C(C)(C)C)cc1NC(=O)Nc1ccccc1[N+](=O)[O-]. The Morgan fingerprint density at radius 2 is 1.08 bits per heavy atom. The number of nitro groups is 2. The molecule has 0 fully saturated rings. The fourth-order valence-electron chi connectivity index (χ4n) is 3.74. The lowest BCUT2D eigenvalue weighted by Crippen LogP contribution is -2.24. The van der Waals surface area contributed by atoms with Crippen LogP contribution in [0.5, 0.6) is 0 Å². The molecular formula is C26H28N6O6. The lowest BCUT2D eigenvalue weighted by Gasteiger charge is -2.24. The van der Waals surface area contributed by atoms with E-state index in [-0.39, 0.29) is 28.2 Å². The fraction of sp³-hybridized carbons (Fsp3) is 0.231. The molecule has 0 unspecified atom stereocenters. The minimum atomic E-state index is -0.699. The van der Waals surface area contributed by atoms with Gasteiger partial charge in [0.15, 0.2) is 0 Å². The highest BCUT2D eigenvalue weighted by Crippen LogP contribution is 2.34. The second-order valence-electron chi connectivity index (χ2n) is 9.36. The molecule has 3 rings (SSSR count). The van der Waals surface area contributed by atoms with Gasteiger partial charge in [-0.3, -0.25) is 20.2 Å². The zero-order valence-electron chi connectivity index (χ0n) is 21.3. The summed E-state index contributed by atoms with van der Waals surface area (Å²) in [4.78, 5) is 47.1. The predicted molar refractivity (Wildman–Crippen MR) is 146 cm³/mol. The summed E-state index contributed by atoms with van der Waals surface area (Å²) < 4.78 is 0. The maximum atomic E-state index is 12.9. The number of carbonyl (C=O) groups is 2. The standard InChI is InChI=1S/C26H28N6O6/c1-5-17-20(29-24(33)27-18-10-6-8-12-22(18)31(35)36)14-16(26(2,3)4)15-21(17)30-25(34)28-19-11-7-9-13-23(19)32(37)38/h6-15H,5H2,1-4H3,(H2,27,29,33)(H2,28,30,34). The molecule has 4 amide bonds. The molecule has 3 aromatic rings. The number of urea groups is 2. The van der Waals surface area contributed by atoms with E-state index in [2.05, 4.69) is 21.3 Å². The molecule has 198 valence electrons. The summed E-state index contributed by atoms with van der Waals surface area (Å²) in [5, 5.41) is 33.1. The van der Waals surface area contributed by atoms with Crippen LogP contribution in [0.1, 0.15) is 38.8 Å². The van der Waals surface area contributed by atoms with E-state index in [0.29, 0.717) is 23.4 Å². The van der Waals surface area contributed by atoms with Crippen molar-refractivity contribution >= 4 is 46.2 Å². The normalized spacial score (nSPS) is 10.8. The number of nitro benzene ring substituents is 2. The monoisotopic (exact) mass is 520 g/mol. The largest absolute Gasteiger partial charge is 0.323 e. The molecule has 38 heavy (non-hydrogen) atoms. The lowest BCUT2D eigenvalue weighted by molar-refractivity contribution is -0.384. The van der Waals surface area contributed by atoms with Crippen LogP contribution in [0.15, 0.2) is 60.7 Å². The third kappa shape index (κ3) is 6.60. The highest BCUT2D eigenvalue weighted by atomic mass is 16.6. The van der Waals surface area contributed by atoms with Gasteiger partial charge in [0.2, 0.25) is 0 Å². The van der Waals surface area contributed by atoms with E-state index in [9.17, 15) is 29.8 Å². The van der Waals surface area contributed by atoms with Crippen molar-refractivity contribution in [3.05, 3.63) is 92.0 Å². The average molecular weight is 521 g/mol. The minimum absolute atomic E-state index is 0.0298. The molecule has 0 saturated heterocycles. The van der Waals surface area contributed by atoms with Crippen LogP contribution in [0.3, 0.4) is 0 Å². The van der Waals surface area contributed by atoms with Crippen LogP contribution >= 0.6 is 0 Å². The zero-order valence-corrected chi connectivity index (χ0v) is 21.3. The van der Waals surface area contributed by atoms with E-state index in [1.807, 2.05) is 27.7 Å². The Kier molecular flexibility index (Phi) is 8.26. The summed E-state index contributed by atoms with van der Waals surface area (Å²) in [7, 11) is 0. The Morgan fingerprint density at radius 3 is 1.42 bits per heavy atom. The van der Waals surface area contributed by atoms with Gasteiger partial charge in [0, 0.05) is 23.5 Å². The van der Waals surface area contributed by atoms with Crippen molar-refractivity contribution in [1.82, 2.24) is 0 Å². The molecule has 12 heteroatoms. The molecule has 12 nitrogen and oxygen atoms in total.